The molecule has 3 heterocycles. The fourth-order valence-corrected chi connectivity index (χ4v) is 4.96. The van der Waals surface area contributed by atoms with Crippen LogP contribution < -0.4 is 0 Å². The third-order valence-electron chi connectivity index (χ3n) is 6.41. The van der Waals surface area contributed by atoms with E-state index in [0.717, 1.165) is 27.6 Å². The minimum absolute atomic E-state index is 0.00623. The van der Waals surface area contributed by atoms with E-state index >= 15 is 0 Å². The topological polar surface area (TPSA) is 131 Å². The molecule has 0 saturated carbocycles. The number of hydrogen-bond acceptors (Lipinski definition) is 8. The first kappa shape index (κ1) is 28.6. The van der Waals surface area contributed by atoms with Crippen molar-refractivity contribution < 1.29 is 37.6 Å². The van der Waals surface area contributed by atoms with E-state index in [4.69, 9.17) is 16.3 Å². The van der Waals surface area contributed by atoms with Crippen LogP contribution in [0.4, 0.5) is 17.6 Å². The molecular formula is C24H20BrClF4N6O4. The average molecular weight is 648 g/mol. The van der Waals surface area contributed by atoms with E-state index in [0.29, 0.717) is 5.56 Å². The molecule has 3 N–H and O–H groups in total. The maximum Gasteiger partial charge on any atom is 0.418 e. The third kappa shape index (κ3) is 5.24. The SMILES string of the molecule is Cc1nc([C@@H]2O[C@H](CO)[C@H](O)[C@H](n3cc(-c4ccc(Br)c(F)c4)nn3)[C@H]2O)n(-c2cc(Cl)ccc2C(F)(F)F)n1. The van der Waals surface area contributed by atoms with Gasteiger partial charge >= 0.3 is 6.18 Å². The lowest BCUT2D eigenvalue weighted by Crippen LogP contribution is -2.53. The number of aliphatic hydroxyl groups excluding tert-OH is 3. The van der Waals surface area contributed by atoms with Crippen LogP contribution in [0, 0.1) is 12.7 Å². The normalized spacial score (nSPS) is 23.5. The van der Waals surface area contributed by atoms with E-state index in [-0.39, 0.29) is 26.8 Å². The molecule has 2 aromatic carbocycles. The zero-order chi connectivity index (χ0) is 28.9. The van der Waals surface area contributed by atoms with Gasteiger partial charge in [0.2, 0.25) is 0 Å². The summed E-state index contributed by atoms with van der Waals surface area (Å²) in [5.41, 5.74) is -0.961. The van der Waals surface area contributed by atoms with E-state index in [1.54, 1.807) is 6.07 Å². The van der Waals surface area contributed by atoms with Crippen LogP contribution in [-0.2, 0) is 10.9 Å². The van der Waals surface area contributed by atoms with Gasteiger partial charge in [0.05, 0.1) is 28.5 Å². The predicted octanol–water partition coefficient (Wildman–Crippen LogP) is 3.80. The molecule has 0 radical (unpaired) electrons. The van der Waals surface area contributed by atoms with E-state index in [2.05, 4.69) is 36.3 Å². The molecule has 5 rings (SSSR count). The number of aromatic nitrogens is 6. The Bertz CT molecular complexity index is 1550. The van der Waals surface area contributed by atoms with Crippen molar-refractivity contribution in [3.8, 4) is 16.9 Å². The Labute approximate surface area is 236 Å². The quantitative estimate of drug-likeness (QED) is 0.279. The first-order valence-corrected chi connectivity index (χ1v) is 12.9. The lowest BCUT2D eigenvalue weighted by Gasteiger charge is -2.41. The van der Waals surface area contributed by atoms with Gasteiger partial charge in [-0.15, -0.1) is 5.10 Å². The van der Waals surface area contributed by atoms with Gasteiger partial charge in [0.15, 0.2) is 5.82 Å². The zero-order valence-corrected chi connectivity index (χ0v) is 22.7. The molecule has 10 nitrogen and oxygen atoms in total. The predicted molar refractivity (Wildman–Crippen MR) is 135 cm³/mol. The van der Waals surface area contributed by atoms with Gasteiger partial charge in [-0.3, -0.25) is 0 Å². The average Bonchev–Trinajstić information content (AvgIpc) is 3.52. The van der Waals surface area contributed by atoms with Crippen molar-refractivity contribution in [2.75, 3.05) is 6.61 Å². The number of hydrogen-bond donors (Lipinski definition) is 3. The second-order valence-corrected chi connectivity index (χ2v) is 10.3. The summed E-state index contributed by atoms with van der Waals surface area (Å²) in [6.07, 6.45) is -9.40. The molecule has 1 saturated heterocycles. The van der Waals surface area contributed by atoms with Crippen molar-refractivity contribution in [1.29, 1.82) is 0 Å². The number of aryl methyl sites for hydroxylation is 1. The highest BCUT2D eigenvalue weighted by molar-refractivity contribution is 9.10. The Morgan fingerprint density at radius 3 is 2.55 bits per heavy atom. The van der Waals surface area contributed by atoms with Gasteiger partial charge in [0, 0.05) is 10.6 Å². The highest BCUT2D eigenvalue weighted by atomic mass is 79.9. The van der Waals surface area contributed by atoms with Crippen LogP contribution in [-0.4, -0.2) is 70.0 Å². The molecule has 1 aliphatic heterocycles. The van der Waals surface area contributed by atoms with Gasteiger partial charge in [0.25, 0.3) is 0 Å². The highest BCUT2D eigenvalue weighted by Crippen LogP contribution is 2.41. The Kier molecular flexibility index (Phi) is 7.71. The van der Waals surface area contributed by atoms with Crippen molar-refractivity contribution in [3.05, 3.63) is 75.1 Å². The zero-order valence-electron chi connectivity index (χ0n) is 20.3. The highest BCUT2D eigenvalue weighted by Gasteiger charge is 2.49. The molecule has 0 aliphatic carbocycles. The maximum atomic E-state index is 14.1. The van der Waals surface area contributed by atoms with Crippen LogP contribution in [0.15, 0.2) is 47.1 Å². The van der Waals surface area contributed by atoms with Crippen LogP contribution in [0.2, 0.25) is 5.02 Å². The molecule has 0 amide bonds. The molecule has 4 aromatic rings. The largest absolute Gasteiger partial charge is 0.418 e. The van der Waals surface area contributed by atoms with Gasteiger partial charge in [0.1, 0.15) is 47.8 Å². The van der Waals surface area contributed by atoms with Crippen LogP contribution in [0.5, 0.6) is 0 Å². The molecule has 16 heteroatoms. The molecule has 0 unspecified atom stereocenters. The number of rotatable bonds is 5. The second kappa shape index (κ2) is 10.8. The minimum Gasteiger partial charge on any atom is -0.394 e. The summed E-state index contributed by atoms with van der Waals surface area (Å²) in [5.74, 6) is -0.724. The van der Waals surface area contributed by atoms with E-state index in [1.807, 2.05) is 0 Å². The van der Waals surface area contributed by atoms with Gasteiger partial charge in [-0.05, 0) is 53.2 Å². The lowest BCUT2D eigenvalue weighted by molar-refractivity contribution is -0.210. The number of halogens is 6. The van der Waals surface area contributed by atoms with Crippen LogP contribution >= 0.6 is 27.5 Å². The summed E-state index contributed by atoms with van der Waals surface area (Å²) in [6.45, 7) is 0.725. The number of alkyl halides is 3. The number of ether oxygens (including phenoxy) is 1. The molecule has 0 bridgehead atoms. The molecular weight excluding hydrogens is 628 g/mol. The van der Waals surface area contributed by atoms with Crippen molar-refractivity contribution in [2.24, 2.45) is 0 Å². The van der Waals surface area contributed by atoms with Crippen molar-refractivity contribution >= 4 is 27.5 Å². The molecule has 5 atom stereocenters. The minimum atomic E-state index is -4.78. The Morgan fingerprint density at radius 1 is 1.12 bits per heavy atom. The summed E-state index contributed by atoms with van der Waals surface area (Å²) < 4.78 is 63.6. The van der Waals surface area contributed by atoms with Crippen molar-refractivity contribution in [2.45, 2.75) is 43.6 Å². The van der Waals surface area contributed by atoms with Crippen molar-refractivity contribution in [3.63, 3.8) is 0 Å². The summed E-state index contributed by atoms with van der Waals surface area (Å²) in [4.78, 5) is 4.21. The first-order chi connectivity index (χ1) is 18.9. The second-order valence-electron chi connectivity index (χ2n) is 9.05. The Morgan fingerprint density at radius 2 is 1.88 bits per heavy atom. The fourth-order valence-electron chi connectivity index (χ4n) is 4.55. The van der Waals surface area contributed by atoms with Crippen LogP contribution in [0.3, 0.4) is 0 Å². The van der Waals surface area contributed by atoms with Crippen LogP contribution in [0.1, 0.15) is 29.4 Å². The molecule has 1 fully saturated rings. The Balaban J connectivity index is 1.58. The van der Waals surface area contributed by atoms with E-state index in [9.17, 15) is 32.9 Å². The molecule has 212 valence electrons. The summed E-state index contributed by atoms with van der Waals surface area (Å²) >= 11 is 9.08. The fraction of sp³-hybridized carbons (Fsp3) is 0.333. The van der Waals surface area contributed by atoms with E-state index < -0.39 is 60.3 Å². The standard InChI is InChI=1S/C24H20BrClF4N6O4/c1-10-31-23(36(33-10)17-7-12(26)3-4-13(17)24(28,29)30)22-21(39)19(20(38)18(9-37)40-22)35-8-16(32-34-35)11-2-5-14(25)15(27)6-11/h2-8,18-22,37-39H,9H2,1H3/t18-,19+,20+,21-,22-/m1/s1. The Hall–Kier alpha value is -2.95. The number of nitrogens with zero attached hydrogens (tertiary/aromatic N) is 6. The van der Waals surface area contributed by atoms with Gasteiger partial charge < -0.3 is 20.1 Å². The summed E-state index contributed by atoms with van der Waals surface area (Å²) in [6, 6.07) is 5.88. The number of aliphatic hydroxyl groups is 3. The first-order valence-electron chi connectivity index (χ1n) is 11.7. The molecule has 40 heavy (non-hydrogen) atoms. The maximum absolute atomic E-state index is 14.1. The van der Waals surface area contributed by atoms with Gasteiger partial charge in [-0.25, -0.2) is 18.7 Å². The molecule has 0 spiro atoms. The summed E-state index contributed by atoms with van der Waals surface area (Å²) in [7, 11) is 0. The van der Waals surface area contributed by atoms with Gasteiger partial charge in [-0.1, -0.05) is 22.9 Å². The van der Waals surface area contributed by atoms with E-state index in [1.165, 1.54) is 25.3 Å². The molecule has 2 aromatic heterocycles. The van der Waals surface area contributed by atoms with Crippen molar-refractivity contribution in [1.82, 2.24) is 29.8 Å². The molecule has 1 aliphatic rings. The van der Waals surface area contributed by atoms with Gasteiger partial charge in [-0.2, -0.15) is 18.3 Å². The smallest absolute Gasteiger partial charge is 0.394 e. The third-order valence-corrected chi connectivity index (χ3v) is 7.29. The summed E-state index contributed by atoms with van der Waals surface area (Å²) in [5, 5.41) is 44.3. The lowest BCUT2D eigenvalue weighted by atomic mass is 9.92. The monoisotopic (exact) mass is 646 g/mol. The number of benzene rings is 2. The van der Waals surface area contributed by atoms with Crippen LogP contribution in [0.25, 0.3) is 16.9 Å².